The Labute approximate surface area is 503 Å². The summed E-state index contributed by atoms with van der Waals surface area (Å²) in [5.74, 6) is 5.24. The molecule has 0 N–H and O–H groups in total. The van der Waals surface area contributed by atoms with Crippen LogP contribution in [0.3, 0.4) is 0 Å². The van der Waals surface area contributed by atoms with E-state index in [-0.39, 0.29) is 5.41 Å². The number of fused-ring (bicyclic) bond motifs is 7. The van der Waals surface area contributed by atoms with E-state index >= 15 is 0 Å². The molecule has 5 aliphatic rings. The highest BCUT2D eigenvalue weighted by atomic mass is 16.5. The van der Waals surface area contributed by atoms with E-state index in [2.05, 4.69) is 284 Å². The third-order valence-electron chi connectivity index (χ3n) is 20.4. The molecule has 4 saturated carbocycles. The van der Waals surface area contributed by atoms with Crippen molar-refractivity contribution < 1.29 is 4.74 Å². The summed E-state index contributed by atoms with van der Waals surface area (Å²) in [5, 5.41) is 7.75. The molecule has 18 rings (SSSR count). The monoisotopic (exact) mass is 1110 g/mol. The van der Waals surface area contributed by atoms with Gasteiger partial charge in [-0.15, -0.1) is 0 Å². The van der Waals surface area contributed by atoms with Crippen molar-refractivity contribution in [2.45, 2.75) is 58.3 Å². The number of aromatic nitrogens is 2. The van der Waals surface area contributed by atoms with Crippen molar-refractivity contribution in [2.75, 3.05) is 16.5 Å². The molecule has 4 fully saturated rings. The van der Waals surface area contributed by atoms with Crippen molar-refractivity contribution in [2.24, 2.45) is 23.7 Å². The van der Waals surface area contributed by atoms with E-state index in [0.29, 0.717) is 18.5 Å². The van der Waals surface area contributed by atoms with Gasteiger partial charge in [0.15, 0.2) is 0 Å². The van der Waals surface area contributed by atoms with Gasteiger partial charge < -0.3 is 14.5 Å². The van der Waals surface area contributed by atoms with Gasteiger partial charge in [0.05, 0.1) is 28.1 Å². The highest BCUT2D eigenvalue weighted by Gasteiger charge is 2.59. The van der Waals surface area contributed by atoms with Crippen LogP contribution in [-0.4, -0.2) is 16.2 Å². The minimum atomic E-state index is -0.140. The summed E-state index contributed by atoms with van der Waals surface area (Å²) in [6.45, 7) is 7.27. The average molecular weight is 1110 g/mol. The maximum Gasteiger partial charge on any atom is 0.137 e. The Bertz CT molecular complexity index is 4740. The molecule has 0 unspecified atom stereocenters. The van der Waals surface area contributed by atoms with Crippen LogP contribution < -0.4 is 14.5 Å². The van der Waals surface area contributed by atoms with E-state index < -0.39 is 0 Å². The van der Waals surface area contributed by atoms with Gasteiger partial charge in [0.1, 0.15) is 24.0 Å². The number of nitrogens with zero attached hydrogens (tertiary/aromatic N) is 4. The van der Waals surface area contributed by atoms with Gasteiger partial charge in [-0.2, -0.15) is 0 Å². The van der Waals surface area contributed by atoms with Crippen LogP contribution in [0, 0.1) is 44.4 Å². The second kappa shape index (κ2) is 20.0. The van der Waals surface area contributed by atoms with Crippen LogP contribution >= 0.6 is 0 Å². The summed E-state index contributed by atoms with van der Waals surface area (Å²) in [6, 6.07) is 90.1. The summed E-state index contributed by atoms with van der Waals surface area (Å²) in [7, 11) is 0. The van der Waals surface area contributed by atoms with Gasteiger partial charge in [0.25, 0.3) is 0 Å². The quantitative estimate of drug-likeness (QED) is 0.128. The Morgan fingerprint density at radius 3 is 1.79 bits per heavy atom. The van der Waals surface area contributed by atoms with Gasteiger partial charge in [0.2, 0.25) is 0 Å². The first kappa shape index (κ1) is 50.8. The van der Waals surface area contributed by atoms with Gasteiger partial charge >= 0.3 is 0 Å². The largest absolute Gasteiger partial charge is 0.457 e. The standard InChI is InChI=1S/C81H66N4O/c1-51-38-52(2)79(53(3)39-51)59-45-63(83-50-84(76-31-15-14-30-75(76)83)80-67(56-18-6-4-7-19-56)25-16-26-68(80)57-20-8-5-9-21-57)48-65(46-59)86-64-33-35-72-71-24-12-13-29-74(71)85(77(72)49-64)78-47-60(36-37-82-78)81(61-41-54-40-55(43-61)44-62(81)42-54)73-28-17-27-69-66-23-11-10-22-58(66)32-34-70(69)73/h4-39,45-49,54-55,61-62H,40-44,50H2,1-3H3. The zero-order valence-electron chi connectivity index (χ0n) is 48.9. The predicted octanol–water partition coefficient (Wildman–Crippen LogP) is 21.2. The number of hydrogen-bond donors (Lipinski definition) is 0. The molecule has 11 aromatic carbocycles. The molecule has 86 heavy (non-hydrogen) atoms. The molecule has 4 bridgehead atoms. The van der Waals surface area contributed by atoms with E-state index in [1.807, 2.05) is 0 Å². The second-order valence-electron chi connectivity index (χ2n) is 25.3. The van der Waals surface area contributed by atoms with Crippen LogP contribution in [-0.2, 0) is 5.41 Å². The van der Waals surface area contributed by atoms with E-state index in [4.69, 9.17) is 9.72 Å². The fourth-order valence-electron chi connectivity index (χ4n) is 17.3. The fraction of sp³-hybridized carbons (Fsp3) is 0.173. The zero-order valence-corrected chi connectivity index (χ0v) is 48.9. The molecule has 416 valence electrons. The van der Waals surface area contributed by atoms with Gasteiger partial charge in [-0.05, 0) is 197 Å². The summed E-state index contributed by atoms with van der Waals surface area (Å²) < 4.78 is 9.76. The molecule has 0 amide bonds. The topological polar surface area (TPSA) is 33.5 Å². The van der Waals surface area contributed by atoms with Crippen molar-refractivity contribution in [1.29, 1.82) is 0 Å². The molecular formula is C81H66N4O. The number of pyridine rings is 1. The molecule has 2 aromatic heterocycles. The van der Waals surface area contributed by atoms with Gasteiger partial charge in [-0.1, -0.05) is 181 Å². The molecule has 5 heteroatoms. The second-order valence-corrected chi connectivity index (χ2v) is 25.3. The first-order valence-corrected chi connectivity index (χ1v) is 31.0. The first-order valence-electron chi connectivity index (χ1n) is 31.0. The molecule has 1 aliphatic heterocycles. The average Bonchev–Trinajstić information content (AvgIpc) is 0.894. The molecule has 3 heterocycles. The maximum atomic E-state index is 7.35. The van der Waals surface area contributed by atoms with E-state index in [9.17, 15) is 0 Å². The number of rotatable bonds is 10. The summed E-state index contributed by atoms with van der Waals surface area (Å²) in [5.41, 5.74) is 20.3. The minimum Gasteiger partial charge on any atom is -0.457 e. The third-order valence-corrected chi connectivity index (χ3v) is 20.4. The molecule has 4 aliphatic carbocycles. The zero-order chi connectivity index (χ0) is 57.2. The smallest absolute Gasteiger partial charge is 0.137 e. The molecular weight excluding hydrogens is 1040 g/mol. The molecule has 0 radical (unpaired) electrons. The third kappa shape index (κ3) is 8.00. The number of anilines is 4. The van der Waals surface area contributed by atoms with Crippen molar-refractivity contribution in [3.8, 4) is 50.7 Å². The van der Waals surface area contributed by atoms with Crippen LogP contribution in [0.4, 0.5) is 22.7 Å². The minimum absolute atomic E-state index is 0.140. The number of aryl methyl sites for hydroxylation is 3. The summed E-state index contributed by atoms with van der Waals surface area (Å²) >= 11 is 0. The van der Waals surface area contributed by atoms with Gasteiger partial charge in [-0.25, -0.2) is 4.98 Å². The van der Waals surface area contributed by atoms with Crippen molar-refractivity contribution in [3.63, 3.8) is 0 Å². The van der Waals surface area contributed by atoms with Gasteiger partial charge in [-0.3, -0.25) is 4.57 Å². The van der Waals surface area contributed by atoms with Crippen molar-refractivity contribution >= 4 is 66.1 Å². The normalized spacial score (nSPS) is 19.5. The fourth-order valence-corrected chi connectivity index (χ4v) is 17.3. The Hall–Kier alpha value is -9.71. The lowest BCUT2D eigenvalue weighted by atomic mass is 9.42. The van der Waals surface area contributed by atoms with Crippen LogP contribution in [0.1, 0.15) is 59.9 Å². The number of benzene rings is 11. The Kier molecular flexibility index (Phi) is 11.8. The number of para-hydroxylation sites is 4. The highest BCUT2D eigenvalue weighted by molar-refractivity contribution is 6.10. The van der Waals surface area contributed by atoms with E-state index in [0.717, 1.165) is 62.8 Å². The van der Waals surface area contributed by atoms with Gasteiger partial charge in [0, 0.05) is 51.3 Å². The first-order chi connectivity index (χ1) is 42.3. The highest BCUT2D eigenvalue weighted by Crippen LogP contribution is 2.66. The molecule has 0 atom stereocenters. The number of hydrogen-bond acceptors (Lipinski definition) is 4. The number of ether oxygens (including phenoxy) is 1. The molecule has 0 saturated heterocycles. The van der Waals surface area contributed by atoms with Crippen LogP contribution in [0.15, 0.2) is 249 Å². The predicted molar refractivity (Wildman–Crippen MR) is 357 cm³/mol. The SMILES string of the molecule is Cc1cc(C)c(-c2cc(Oc3ccc4c5ccccc5n(-c5cc(C6(c7cccc8c7ccc7ccccc78)C7CC8CC(C7)CC6C8)ccn5)c4c3)cc(N3CN(c4c(-c5ccccc5)cccc4-c4ccccc4)c4ccccc43)c2)c(C)c1. The molecule has 0 spiro atoms. The summed E-state index contributed by atoms with van der Waals surface area (Å²) in [6.07, 6.45) is 8.67. The van der Waals surface area contributed by atoms with Crippen LogP contribution in [0.2, 0.25) is 0 Å². The molecule has 13 aromatic rings. The van der Waals surface area contributed by atoms with Crippen molar-refractivity contribution in [1.82, 2.24) is 9.55 Å². The Morgan fingerprint density at radius 2 is 1.06 bits per heavy atom. The Balaban J connectivity index is 0.806. The van der Waals surface area contributed by atoms with Crippen molar-refractivity contribution in [3.05, 3.63) is 277 Å². The lowest BCUT2D eigenvalue weighted by molar-refractivity contribution is -0.0412. The lowest BCUT2D eigenvalue weighted by Crippen LogP contribution is -2.56. The van der Waals surface area contributed by atoms with Crippen LogP contribution in [0.25, 0.3) is 82.5 Å². The van der Waals surface area contributed by atoms with E-state index in [1.54, 1.807) is 0 Å². The van der Waals surface area contributed by atoms with Crippen LogP contribution in [0.5, 0.6) is 11.5 Å². The Morgan fingerprint density at radius 1 is 0.442 bits per heavy atom. The van der Waals surface area contributed by atoms with E-state index in [1.165, 1.54) is 126 Å². The molecule has 5 nitrogen and oxygen atoms in total. The summed E-state index contributed by atoms with van der Waals surface area (Å²) in [4.78, 5) is 10.3. The lowest BCUT2D eigenvalue weighted by Gasteiger charge is -2.62. The maximum absolute atomic E-state index is 7.35.